The summed E-state index contributed by atoms with van der Waals surface area (Å²) in [6, 6.07) is 5.22. The van der Waals surface area contributed by atoms with Gasteiger partial charge in [0.2, 0.25) is 0 Å². The van der Waals surface area contributed by atoms with Gasteiger partial charge in [0.05, 0.1) is 19.1 Å². The minimum atomic E-state index is -0.189. The predicted molar refractivity (Wildman–Crippen MR) is 81.4 cm³/mol. The van der Waals surface area contributed by atoms with Crippen molar-refractivity contribution >= 4 is 23.3 Å². The monoisotopic (exact) mass is 310 g/mol. The molecule has 0 aliphatic carbocycles. The van der Waals surface area contributed by atoms with Crippen LogP contribution in [0, 0.1) is 11.3 Å². The van der Waals surface area contributed by atoms with E-state index in [0.717, 1.165) is 0 Å². The summed E-state index contributed by atoms with van der Waals surface area (Å²) in [5.41, 5.74) is 0.444. The summed E-state index contributed by atoms with van der Waals surface area (Å²) in [5.74, 6) is 0.367. The Morgan fingerprint density at radius 2 is 2.29 bits per heavy atom. The van der Waals surface area contributed by atoms with Crippen molar-refractivity contribution in [1.29, 1.82) is 5.26 Å². The first-order valence-electron chi connectivity index (χ1n) is 6.69. The maximum Gasteiger partial charge on any atom is 0.254 e. The Hall–Kier alpha value is -1.84. The van der Waals surface area contributed by atoms with Gasteiger partial charge in [0.15, 0.2) is 0 Å². The fourth-order valence-electron chi connectivity index (χ4n) is 1.78. The summed E-state index contributed by atoms with van der Waals surface area (Å²) in [4.78, 5) is 18.2. The van der Waals surface area contributed by atoms with Crippen molar-refractivity contribution in [2.45, 2.75) is 13.3 Å². The molecule has 1 rings (SSSR count). The van der Waals surface area contributed by atoms with Gasteiger partial charge in [-0.15, -0.1) is 0 Å². The van der Waals surface area contributed by atoms with E-state index in [2.05, 4.69) is 10.3 Å². The molecular weight excluding hydrogens is 292 g/mol. The lowest BCUT2D eigenvalue weighted by molar-refractivity contribution is 0.0700. The zero-order valence-electron chi connectivity index (χ0n) is 12.2. The van der Waals surface area contributed by atoms with E-state index in [-0.39, 0.29) is 17.5 Å². The third-order valence-corrected chi connectivity index (χ3v) is 2.94. The highest BCUT2D eigenvalue weighted by atomic mass is 35.5. The third kappa shape index (κ3) is 5.58. The molecule has 0 bridgehead atoms. The molecule has 1 aromatic rings. The van der Waals surface area contributed by atoms with Gasteiger partial charge in [-0.05, 0) is 19.1 Å². The van der Waals surface area contributed by atoms with Gasteiger partial charge >= 0.3 is 0 Å². The molecule has 1 heterocycles. The number of rotatable bonds is 8. The van der Waals surface area contributed by atoms with E-state index in [1.807, 2.05) is 13.0 Å². The average Bonchev–Trinajstić information content (AvgIpc) is 2.46. The van der Waals surface area contributed by atoms with Gasteiger partial charge in [0, 0.05) is 32.3 Å². The molecule has 114 valence electrons. The van der Waals surface area contributed by atoms with Crippen LogP contribution in [0.1, 0.15) is 23.7 Å². The Kier molecular flexibility index (Phi) is 7.51. The second-order valence-corrected chi connectivity index (χ2v) is 4.67. The number of nitrogens with zero attached hydrogens (tertiary/aromatic N) is 3. The van der Waals surface area contributed by atoms with Crippen LogP contribution in [0.4, 0.5) is 5.82 Å². The van der Waals surface area contributed by atoms with E-state index in [1.54, 1.807) is 18.1 Å². The number of nitriles is 1. The topological polar surface area (TPSA) is 78.2 Å². The Bertz CT molecular complexity index is 516. The van der Waals surface area contributed by atoms with E-state index in [0.29, 0.717) is 37.6 Å². The molecule has 1 amide bonds. The van der Waals surface area contributed by atoms with Crippen molar-refractivity contribution in [2.75, 3.05) is 38.7 Å². The number of nitrogens with one attached hydrogen (secondary N) is 1. The Morgan fingerprint density at radius 3 is 2.90 bits per heavy atom. The number of methoxy groups -OCH3 is 1. The maximum absolute atomic E-state index is 12.5. The number of hydrogen-bond acceptors (Lipinski definition) is 5. The lowest BCUT2D eigenvalue weighted by Gasteiger charge is -2.21. The quantitative estimate of drug-likeness (QED) is 0.744. The van der Waals surface area contributed by atoms with Crippen molar-refractivity contribution in [3.05, 3.63) is 22.8 Å². The lowest BCUT2D eigenvalue weighted by atomic mass is 10.2. The van der Waals surface area contributed by atoms with Crippen molar-refractivity contribution in [1.82, 2.24) is 9.88 Å². The van der Waals surface area contributed by atoms with Crippen LogP contribution in [0.15, 0.2) is 12.1 Å². The number of amides is 1. The van der Waals surface area contributed by atoms with Crippen LogP contribution in [0.5, 0.6) is 0 Å². The molecule has 0 unspecified atom stereocenters. The largest absolute Gasteiger partial charge is 0.383 e. The molecule has 1 aromatic heterocycles. The lowest BCUT2D eigenvalue weighted by Crippen LogP contribution is -2.34. The number of anilines is 1. The summed E-state index contributed by atoms with van der Waals surface area (Å²) >= 11 is 5.94. The summed E-state index contributed by atoms with van der Waals surface area (Å²) in [5, 5.41) is 12.0. The van der Waals surface area contributed by atoms with Crippen molar-refractivity contribution in [2.24, 2.45) is 0 Å². The van der Waals surface area contributed by atoms with Gasteiger partial charge in [0.25, 0.3) is 5.91 Å². The molecule has 0 spiro atoms. The first kappa shape index (κ1) is 17.2. The van der Waals surface area contributed by atoms with Gasteiger partial charge in [-0.25, -0.2) is 4.98 Å². The van der Waals surface area contributed by atoms with Gasteiger partial charge in [-0.3, -0.25) is 4.79 Å². The zero-order valence-corrected chi connectivity index (χ0v) is 13.0. The standard InChI is InChI=1S/C14H19ClN4O2/c1-3-17-13-10-11(9-12(15)18-13)14(20)19(6-4-5-16)7-8-21-2/h9-10H,3-4,6-8H2,1-2H3,(H,17,18). The zero-order chi connectivity index (χ0) is 15.7. The molecule has 0 saturated heterocycles. The van der Waals surface area contributed by atoms with Crippen LogP contribution < -0.4 is 5.32 Å². The van der Waals surface area contributed by atoms with Crippen molar-refractivity contribution in [3.63, 3.8) is 0 Å². The Morgan fingerprint density at radius 1 is 1.52 bits per heavy atom. The van der Waals surface area contributed by atoms with Crippen molar-refractivity contribution in [3.8, 4) is 6.07 Å². The first-order valence-corrected chi connectivity index (χ1v) is 7.06. The molecule has 0 atom stereocenters. The van der Waals surface area contributed by atoms with Gasteiger partial charge in [-0.1, -0.05) is 11.6 Å². The molecule has 6 nitrogen and oxygen atoms in total. The fourth-order valence-corrected chi connectivity index (χ4v) is 1.98. The van der Waals surface area contributed by atoms with E-state index >= 15 is 0 Å². The predicted octanol–water partition coefficient (Wildman–Crippen LogP) is 2.17. The van der Waals surface area contributed by atoms with E-state index in [4.69, 9.17) is 21.6 Å². The number of carbonyl (C=O) groups is 1. The smallest absolute Gasteiger partial charge is 0.254 e. The maximum atomic E-state index is 12.5. The molecule has 0 aliphatic rings. The number of carbonyl (C=O) groups excluding carboxylic acids is 1. The SMILES string of the molecule is CCNc1cc(C(=O)N(CCC#N)CCOC)cc(Cl)n1. The molecule has 0 fully saturated rings. The summed E-state index contributed by atoms with van der Waals surface area (Å²) in [6.45, 7) is 3.81. The molecule has 0 aliphatic heterocycles. The van der Waals surface area contributed by atoms with Crippen LogP contribution in [0.2, 0.25) is 5.15 Å². The van der Waals surface area contributed by atoms with Crippen LogP contribution in [0.25, 0.3) is 0 Å². The van der Waals surface area contributed by atoms with Crippen molar-refractivity contribution < 1.29 is 9.53 Å². The molecule has 0 radical (unpaired) electrons. The third-order valence-electron chi connectivity index (χ3n) is 2.74. The van der Waals surface area contributed by atoms with E-state index in [1.165, 1.54) is 6.07 Å². The summed E-state index contributed by atoms with van der Waals surface area (Å²) < 4.78 is 5.00. The molecule has 0 saturated carbocycles. The minimum absolute atomic E-state index is 0.189. The number of ether oxygens (including phenoxy) is 1. The fraction of sp³-hybridized carbons (Fsp3) is 0.500. The summed E-state index contributed by atoms with van der Waals surface area (Å²) in [6.07, 6.45) is 0.272. The minimum Gasteiger partial charge on any atom is -0.383 e. The second-order valence-electron chi connectivity index (χ2n) is 4.29. The molecule has 0 aromatic carbocycles. The highest BCUT2D eigenvalue weighted by molar-refractivity contribution is 6.29. The normalized spacial score (nSPS) is 10.0. The van der Waals surface area contributed by atoms with Gasteiger partial charge in [0.1, 0.15) is 11.0 Å². The Balaban J connectivity index is 2.93. The first-order chi connectivity index (χ1) is 10.1. The Labute approximate surface area is 129 Å². The number of pyridine rings is 1. The second kappa shape index (κ2) is 9.16. The summed E-state index contributed by atoms with van der Waals surface area (Å²) in [7, 11) is 1.57. The number of hydrogen-bond donors (Lipinski definition) is 1. The number of aromatic nitrogens is 1. The molecule has 1 N–H and O–H groups in total. The van der Waals surface area contributed by atoms with E-state index in [9.17, 15) is 4.79 Å². The molecule has 7 heteroatoms. The molecule has 21 heavy (non-hydrogen) atoms. The van der Waals surface area contributed by atoms with Crippen LogP contribution in [-0.4, -0.2) is 49.1 Å². The number of halogens is 1. The van der Waals surface area contributed by atoms with E-state index < -0.39 is 0 Å². The van der Waals surface area contributed by atoms with Crippen LogP contribution in [0.3, 0.4) is 0 Å². The average molecular weight is 311 g/mol. The highest BCUT2D eigenvalue weighted by Crippen LogP contribution is 2.16. The van der Waals surface area contributed by atoms with Crippen LogP contribution in [-0.2, 0) is 4.74 Å². The van der Waals surface area contributed by atoms with Gasteiger partial charge < -0.3 is 15.0 Å². The van der Waals surface area contributed by atoms with Crippen LogP contribution >= 0.6 is 11.6 Å². The molecular formula is C14H19ClN4O2. The van der Waals surface area contributed by atoms with Gasteiger partial charge in [-0.2, -0.15) is 5.26 Å². The highest BCUT2D eigenvalue weighted by Gasteiger charge is 2.17.